The van der Waals surface area contributed by atoms with Crippen LogP contribution in [0.1, 0.15) is 12.5 Å². The van der Waals surface area contributed by atoms with Crippen LogP contribution in [-0.2, 0) is 6.54 Å². The van der Waals surface area contributed by atoms with Crippen LogP contribution in [0.2, 0.25) is 5.02 Å². The molecule has 0 aliphatic carbocycles. The molecule has 1 saturated heterocycles. The van der Waals surface area contributed by atoms with Gasteiger partial charge in [-0.05, 0) is 25.6 Å². The van der Waals surface area contributed by atoms with Gasteiger partial charge in [0.2, 0.25) is 0 Å². The summed E-state index contributed by atoms with van der Waals surface area (Å²) in [7, 11) is 2.16. The summed E-state index contributed by atoms with van der Waals surface area (Å²) in [5, 5.41) is 0.651. The van der Waals surface area contributed by atoms with Crippen molar-refractivity contribution in [1.29, 1.82) is 0 Å². The molecule has 2 N–H and O–H groups in total. The van der Waals surface area contributed by atoms with Gasteiger partial charge in [-0.3, -0.25) is 0 Å². The van der Waals surface area contributed by atoms with E-state index in [4.69, 9.17) is 17.3 Å². The minimum atomic E-state index is 0.456. The number of halogens is 1. The number of likely N-dealkylation sites (N-methyl/N-ethyl adjacent to an activating group) is 1. The van der Waals surface area contributed by atoms with Gasteiger partial charge in [-0.25, -0.2) is 4.98 Å². The van der Waals surface area contributed by atoms with E-state index < -0.39 is 0 Å². The first-order valence-electron chi connectivity index (χ1n) is 5.91. The standard InChI is InChI=1S/C12H19ClN4/c1-9-8-17(4-3-16(9)2)12-5-10(6-14)11(13)7-15-12/h5,7,9H,3-4,6,8,14H2,1-2H3. The van der Waals surface area contributed by atoms with E-state index in [0.717, 1.165) is 31.0 Å². The van der Waals surface area contributed by atoms with Gasteiger partial charge in [0.15, 0.2) is 0 Å². The third-order valence-corrected chi connectivity index (χ3v) is 3.76. The van der Waals surface area contributed by atoms with Gasteiger partial charge in [0.05, 0.1) is 5.02 Å². The molecule has 0 bridgehead atoms. The summed E-state index contributed by atoms with van der Waals surface area (Å²) < 4.78 is 0. The predicted octanol–water partition coefficient (Wildman–Crippen LogP) is 1.33. The summed E-state index contributed by atoms with van der Waals surface area (Å²) in [5.74, 6) is 0.981. The van der Waals surface area contributed by atoms with Crippen LogP contribution in [-0.4, -0.2) is 42.6 Å². The molecule has 1 fully saturated rings. The van der Waals surface area contributed by atoms with Gasteiger partial charge in [0, 0.05) is 38.4 Å². The van der Waals surface area contributed by atoms with Crippen molar-refractivity contribution < 1.29 is 0 Å². The number of rotatable bonds is 2. The van der Waals surface area contributed by atoms with Crippen molar-refractivity contribution >= 4 is 17.4 Å². The number of hydrogen-bond donors (Lipinski definition) is 1. The lowest BCUT2D eigenvalue weighted by atomic mass is 10.2. The lowest BCUT2D eigenvalue weighted by molar-refractivity contribution is 0.233. The van der Waals surface area contributed by atoms with Crippen molar-refractivity contribution in [2.24, 2.45) is 5.73 Å². The van der Waals surface area contributed by atoms with Crippen molar-refractivity contribution in [3.8, 4) is 0 Å². The van der Waals surface area contributed by atoms with E-state index in [0.29, 0.717) is 17.6 Å². The summed E-state index contributed by atoms with van der Waals surface area (Å²) in [6.45, 7) is 5.74. The molecule has 4 nitrogen and oxygen atoms in total. The molecule has 0 radical (unpaired) electrons. The van der Waals surface area contributed by atoms with E-state index in [9.17, 15) is 0 Å². The maximum absolute atomic E-state index is 6.02. The summed E-state index contributed by atoms with van der Waals surface area (Å²) in [6.07, 6.45) is 1.70. The normalized spacial score (nSPS) is 21.9. The zero-order valence-electron chi connectivity index (χ0n) is 10.4. The number of aromatic nitrogens is 1. The fourth-order valence-electron chi connectivity index (χ4n) is 2.05. The van der Waals surface area contributed by atoms with E-state index >= 15 is 0 Å². The maximum Gasteiger partial charge on any atom is 0.129 e. The Hall–Kier alpha value is -0.840. The Morgan fingerprint density at radius 3 is 2.94 bits per heavy atom. The molecule has 2 heterocycles. The Labute approximate surface area is 107 Å². The molecule has 1 unspecified atom stereocenters. The topological polar surface area (TPSA) is 45.4 Å². The largest absolute Gasteiger partial charge is 0.354 e. The van der Waals surface area contributed by atoms with Gasteiger partial charge in [0.25, 0.3) is 0 Å². The quantitative estimate of drug-likeness (QED) is 0.865. The predicted molar refractivity (Wildman–Crippen MR) is 71.4 cm³/mol. The number of nitrogens with two attached hydrogens (primary N) is 1. The molecule has 5 heteroatoms. The summed E-state index contributed by atoms with van der Waals surface area (Å²) in [6, 6.07) is 2.54. The van der Waals surface area contributed by atoms with E-state index in [1.54, 1.807) is 6.20 Å². The smallest absolute Gasteiger partial charge is 0.129 e. The van der Waals surface area contributed by atoms with Gasteiger partial charge < -0.3 is 15.5 Å². The van der Waals surface area contributed by atoms with Crippen molar-refractivity contribution in [1.82, 2.24) is 9.88 Å². The number of nitrogens with zero attached hydrogens (tertiary/aromatic N) is 3. The molecule has 1 aromatic heterocycles. The SMILES string of the molecule is CC1CN(c2cc(CN)c(Cl)cn2)CCN1C. The first-order valence-corrected chi connectivity index (χ1v) is 6.29. The fourth-order valence-corrected chi connectivity index (χ4v) is 2.23. The molecule has 0 saturated carbocycles. The molecule has 1 aliphatic rings. The van der Waals surface area contributed by atoms with Crippen LogP contribution in [0.15, 0.2) is 12.3 Å². The first kappa shape index (κ1) is 12.6. The Kier molecular flexibility index (Phi) is 3.86. The van der Waals surface area contributed by atoms with Crippen molar-refractivity contribution in [3.63, 3.8) is 0 Å². The fraction of sp³-hybridized carbons (Fsp3) is 0.583. The van der Waals surface area contributed by atoms with Crippen LogP contribution in [0.5, 0.6) is 0 Å². The van der Waals surface area contributed by atoms with Gasteiger partial charge in [-0.2, -0.15) is 0 Å². The highest BCUT2D eigenvalue weighted by Crippen LogP contribution is 2.21. The highest BCUT2D eigenvalue weighted by Gasteiger charge is 2.21. The number of anilines is 1. The van der Waals surface area contributed by atoms with Gasteiger partial charge in [-0.1, -0.05) is 11.6 Å². The maximum atomic E-state index is 6.02. The number of pyridine rings is 1. The molecule has 0 amide bonds. The van der Waals surface area contributed by atoms with Gasteiger partial charge >= 0.3 is 0 Å². The summed E-state index contributed by atoms with van der Waals surface area (Å²) in [4.78, 5) is 9.04. The Bertz CT molecular complexity index is 396. The first-order chi connectivity index (χ1) is 8.11. The van der Waals surface area contributed by atoms with Gasteiger partial charge in [0.1, 0.15) is 5.82 Å². The molecule has 94 valence electrons. The van der Waals surface area contributed by atoms with Crippen LogP contribution in [0.3, 0.4) is 0 Å². The van der Waals surface area contributed by atoms with Gasteiger partial charge in [-0.15, -0.1) is 0 Å². The molecular weight excluding hydrogens is 236 g/mol. The number of hydrogen-bond acceptors (Lipinski definition) is 4. The van der Waals surface area contributed by atoms with Crippen molar-refractivity contribution in [3.05, 3.63) is 22.8 Å². The third-order valence-electron chi connectivity index (χ3n) is 3.42. The monoisotopic (exact) mass is 254 g/mol. The summed E-state index contributed by atoms with van der Waals surface area (Å²) >= 11 is 6.02. The van der Waals surface area contributed by atoms with E-state index in [1.807, 2.05) is 6.07 Å². The second-order valence-corrected chi connectivity index (χ2v) is 5.02. The zero-order chi connectivity index (χ0) is 12.4. The Balaban J connectivity index is 2.17. The summed E-state index contributed by atoms with van der Waals surface area (Å²) in [5.41, 5.74) is 6.62. The third kappa shape index (κ3) is 2.70. The average Bonchev–Trinajstić information content (AvgIpc) is 2.33. The van der Waals surface area contributed by atoms with Crippen molar-refractivity contribution in [2.45, 2.75) is 19.5 Å². The molecule has 2 rings (SSSR count). The highest BCUT2D eigenvalue weighted by atomic mass is 35.5. The van der Waals surface area contributed by atoms with Crippen LogP contribution in [0.25, 0.3) is 0 Å². The highest BCUT2D eigenvalue weighted by molar-refractivity contribution is 6.31. The Morgan fingerprint density at radius 1 is 1.53 bits per heavy atom. The average molecular weight is 255 g/mol. The lowest BCUT2D eigenvalue weighted by Gasteiger charge is -2.38. The van der Waals surface area contributed by atoms with Crippen LogP contribution >= 0.6 is 11.6 Å². The lowest BCUT2D eigenvalue weighted by Crippen LogP contribution is -2.50. The molecule has 1 aliphatic heterocycles. The second kappa shape index (κ2) is 5.21. The van der Waals surface area contributed by atoms with Crippen LogP contribution in [0.4, 0.5) is 5.82 Å². The molecule has 17 heavy (non-hydrogen) atoms. The van der Waals surface area contributed by atoms with Crippen LogP contribution in [0, 0.1) is 0 Å². The minimum absolute atomic E-state index is 0.456. The molecule has 0 aromatic carbocycles. The van der Waals surface area contributed by atoms with E-state index in [1.165, 1.54) is 0 Å². The van der Waals surface area contributed by atoms with E-state index in [2.05, 4.69) is 28.8 Å². The zero-order valence-corrected chi connectivity index (χ0v) is 11.1. The molecular formula is C12H19ClN4. The van der Waals surface area contributed by atoms with E-state index in [-0.39, 0.29) is 0 Å². The molecule has 0 spiro atoms. The Morgan fingerprint density at radius 2 is 2.29 bits per heavy atom. The van der Waals surface area contributed by atoms with Crippen molar-refractivity contribution in [2.75, 3.05) is 31.6 Å². The molecule has 1 atom stereocenters. The number of piperazine rings is 1. The van der Waals surface area contributed by atoms with Crippen LogP contribution < -0.4 is 10.6 Å². The minimum Gasteiger partial charge on any atom is -0.354 e. The molecule has 1 aromatic rings. The second-order valence-electron chi connectivity index (χ2n) is 4.61.